The molecule has 0 bridgehead atoms. The minimum atomic E-state index is -0.907. The third kappa shape index (κ3) is 8.38. The van der Waals surface area contributed by atoms with Crippen molar-refractivity contribution in [3.05, 3.63) is 72.8 Å². The molecule has 7 rings (SSSR count). The highest BCUT2D eigenvalue weighted by atomic mass is 16.5. The molecule has 16 heteroatoms. The van der Waals surface area contributed by atoms with Crippen LogP contribution in [0.2, 0.25) is 0 Å². The first kappa shape index (κ1) is 40.3. The van der Waals surface area contributed by atoms with Gasteiger partial charge in [-0.05, 0) is 67.2 Å². The van der Waals surface area contributed by atoms with Crippen LogP contribution in [0.1, 0.15) is 77.1 Å². The maximum Gasteiger partial charge on any atom is 0.407 e. The second-order valence-corrected chi connectivity index (χ2v) is 15.7. The topological polar surface area (TPSA) is 204 Å². The molecule has 16 nitrogen and oxygen atoms in total. The highest BCUT2D eigenvalue weighted by Gasteiger charge is 2.39. The molecule has 2 aliphatic rings. The molecule has 2 saturated heterocycles. The highest BCUT2D eigenvalue weighted by Crippen LogP contribution is 2.36. The van der Waals surface area contributed by atoms with Crippen molar-refractivity contribution in [1.29, 1.82) is 0 Å². The number of amides is 3. The van der Waals surface area contributed by atoms with Crippen LogP contribution in [0.25, 0.3) is 44.7 Å². The number of nitrogens with one attached hydrogen (secondary N) is 4. The lowest BCUT2D eigenvalue weighted by atomic mass is 10.0. The van der Waals surface area contributed by atoms with Crippen LogP contribution in [-0.2, 0) is 14.3 Å². The number of nitrogens with zero attached hydrogens (tertiary/aromatic N) is 6. The Labute approximate surface area is 337 Å². The SMILES string of the molecule is COC(=O)NC(C(=O)N1CCCC1c1ncc(-c2ccc3cc(-c4ccc(-c5cnc(C6CCCN6C(O)C(NC(=O)OC)C(C)C)[nH]5)cn4)ncc3c2)[nH]1)C(C)C. The van der Waals surface area contributed by atoms with Gasteiger partial charge in [-0.2, -0.15) is 0 Å². The van der Waals surface area contributed by atoms with Crippen LogP contribution in [0.4, 0.5) is 9.59 Å². The summed E-state index contributed by atoms with van der Waals surface area (Å²) in [6.07, 6.45) is 8.42. The number of H-pyrrole nitrogens is 2. The summed E-state index contributed by atoms with van der Waals surface area (Å²) in [4.78, 5) is 67.1. The molecule has 5 unspecified atom stereocenters. The third-order valence-electron chi connectivity index (χ3n) is 11.3. The second-order valence-electron chi connectivity index (χ2n) is 15.7. The zero-order valence-corrected chi connectivity index (χ0v) is 33.7. The smallest absolute Gasteiger partial charge is 0.407 e. The molecule has 5 N–H and O–H groups in total. The van der Waals surface area contributed by atoms with E-state index in [0.717, 1.165) is 76.2 Å². The molecule has 5 aromatic rings. The van der Waals surface area contributed by atoms with Gasteiger partial charge >= 0.3 is 12.2 Å². The van der Waals surface area contributed by atoms with Gasteiger partial charge in [0, 0.05) is 42.0 Å². The Kier molecular flexibility index (Phi) is 12.0. The highest BCUT2D eigenvalue weighted by molar-refractivity contribution is 5.89. The predicted octanol–water partition coefficient (Wildman–Crippen LogP) is 5.96. The molecule has 0 aliphatic carbocycles. The lowest BCUT2D eigenvalue weighted by molar-refractivity contribution is -0.135. The molecule has 3 amide bonds. The molecule has 6 heterocycles. The van der Waals surface area contributed by atoms with E-state index in [4.69, 9.17) is 19.4 Å². The van der Waals surface area contributed by atoms with Gasteiger partial charge in [0.2, 0.25) is 5.91 Å². The van der Waals surface area contributed by atoms with E-state index in [9.17, 15) is 19.5 Å². The Hall–Kier alpha value is -5.87. The number of hydrogen-bond donors (Lipinski definition) is 5. The van der Waals surface area contributed by atoms with Gasteiger partial charge in [0.1, 0.15) is 23.9 Å². The summed E-state index contributed by atoms with van der Waals surface area (Å²) >= 11 is 0. The van der Waals surface area contributed by atoms with E-state index in [0.29, 0.717) is 18.9 Å². The number of alkyl carbamates (subject to hydrolysis) is 2. The van der Waals surface area contributed by atoms with Crippen molar-refractivity contribution in [2.75, 3.05) is 27.3 Å². The summed E-state index contributed by atoms with van der Waals surface area (Å²) in [5.74, 6) is 1.18. The summed E-state index contributed by atoms with van der Waals surface area (Å²) in [5.41, 5.74) is 4.93. The van der Waals surface area contributed by atoms with Gasteiger partial charge in [-0.15, -0.1) is 0 Å². The van der Waals surface area contributed by atoms with E-state index in [1.54, 1.807) is 23.5 Å². The summed E-state index contributed by atoms with van der Waals surface area (Å²) in [5, 5.41) is 18.8. The fourth-order valence-corrected chi connectivity index (χ4v) is 8.04. The standard InChI is InChI=1S/C42H52N10O6/c1-23(2)35(49-41(55)57-5)39(53)51-15-7-9-33(51)37-45-21-31(47-37)26-12-11-25-18-30(44-20-28(25)17-26)29-14-13-27(19-43-29)32-22-46-38(48-32)34-10-8-16-52(34)40(54)36(24(3)4)50-42(56)58-6/h11-14,17-24,33-36,40,54H,7-10,15-16H2,1-6H3,(H,45,47)(H,46,48)(H,49,55)(H,50,56). The number of rotatable bonds is 12. The number of likely N-dealkylation sites (tertiary alicyclic amines) is 2. The molecule has 1 aromatic carbocycles. The summed E-state index contributed by atoms with van der Waals surface area (Å²) in [7, 11) is 2.60. The number of pyridine rings is 2. The summed E-state index contributed by atoms with van der Waals surface area (Å²) in [6.45, 7) is 8.96. The van der Waals surface area contributed by atoms with Crippen LogP contribution in [0.5, 0.6) is 0 Å². The Morgan fingerprint density at radius 1 is 0.724 bits per heavy atom. The van der Waals surface area contributed by atoms with Crippen LogP contribution in [0, 0.1) is 11.8 Å². The first-order chi connectivity index (χ1) is 27.9. The average Bonchev–Trinajstić information content (AvgIpc) is 4.07. The van der Waals surface area contributed by atoms with E-state index in [1.807, 2.05) is 69.1 Å². The minimum absolute atomic E-state index is 0.0178. The summed E-state index contributed by atoms with van der Waals surface area (Å²) in [6, 6.07) is 10.5. The molecule has 58 heavy (non-hydrogen) atoms. The second kappa shape index (κ2) is 17.3. The van der Waals surface area contributed by atoms with Gasteiger partial charge in [-0.1, -0.05) is 39.8 Å². The van der Waals surface area contributed by atoms with Gasteiger partial charge in [-0.25, -0.2) is 19.6 Å². The monoisotopic (exact) mass is 792 g/mol. The van der Waals surface area contributed by atoms with Crippen LogP contribution < -0.4 is 10.6 Å². The number of aromatic amines is 2. The van der Waals surface area contributed by atoms with Gasteiger partial charge in [0.05, 0.1) is 67.5 Å². The number of imidazole rings is 2. The number of carbonyl (C=O) groups excluding carboxylic acids is 3. The Balaban J connectivity index is 1.02. The molecular weight excluding hydrogens is 741 g/mol. The Morgan fingerprint density at radius 3 is 2.03 bits per heavy atom. The largest absolute Gasteiger partial charge is 0.453 e. The molecular formula is C42H52N10O6. The van der Waals surface area contributed by atoms with Crippen LogP contribution in [0.3, 0.4) is 0 Å². The number of carbonyl (C=O) groups is 3. The Bertz CT molecular complexity index is 2240. The zero-order valence-electron chi connectivity index (χ0n) is 33.7. The van der Waals surface area contributed by atoms with Crippen molar-refractivity contribution in [1.82, 2.24) is 50.3 Å². The van der Waals surface area contributed by atoms with E-state index >= 15 is 0 Å². The normalized spacial score (nSPS) is 18.7. The first-order valence-electron chi connectivity index (χ1n) is 19.9. The minimum Gasteiger partial charge on any atom is -0.453 e. The fraction of sp³-hybridized carbons (Fsp3) is 0.452. The molecule has 2 fully saturated rings. The number of hydrogen-bond acceptors (Lipinski definition) is 11. The number of aliphatic hydroxyl groups is 1. The maximum atomic E-state index is 13.6. The number of aromatic nitrogens is 6. The summed E-state index contributed by atoms with van der Waals surface area (Å²) < 4.78 is 9.55. The van der Waals surface area contributed by atoms with Crippen molar-refractivity contribution in [2.24, 2.45) is 11.8 Å². The van der Waals surface area contributed by atoms with E-state index in [1.165, 1.54) is 14.2 Å². The van der Waals surface area contributed by atoms with Crippen molar-refractivity contribution in [3.63, 3.8) is 0 Å². The molecule has 0 saturated carbocycles. The van der Waals surface area contributed by atoms with E-state index in [2.05, 4.69) is 36.6 Å². The third-order valence-corrected chi connectivity index (χ3v) is 11.3. The van der Waals surface area contributed by atoms with Gasteiger partial charge < -0.3 is 40.1 Å². The lowest BCUT2D eigenvalue weighted by Gasteiger charge is -2.35. The van der Waals surface area contributed by atoms with Gasteiger partial charge in [0.15, 0.2) is 0 Å². The van der Waals surface area contributed by atoms with E-state index in [-0.39, 0.29) is 29.8 Å². The molecule has 4 aromatic heterocycles. The molecule has 306 valence electrons. The van der Waals surface area contributed by atoms with Crippen molar-refractivity contribution in [2.45, 2.75) is 83.8 Å². The zero-order chi connectivity index (χ0) is 41.1. The first-order valence-corrected chi connectivity index (χ1v) is 19.9. The average molecular weight is 793 g/mol. The van der Waals surface area contributed by atoms with E-state index < -0.39 is 30.5 Å². The van der Waals surface area contributed by atoms with Crippen molar-refractivity contribution in [3.8, 4) is 33.9 Å². The number of methoxy groups -OCH3 is 2. The predicted molar refractivity (Wildman–Crippen MR) is 217 cm³/mol. The molecule has 0 spiro atoms. The molecule has 2 aliphatic heterocycles. The van der Waals surface area contributed by atoms with Crippen molar-refractivity contribution >= 4 is 28.9 Å². The van der Waals surface area contributed by atoms with Crippen molar-refractivity contribution < 1.29 is 29.0 Å². The Morgan fingerprint density at radius 2 is 1.36 bits per heavy atom. The number of fused-ring (bicyclic) bond motifs is 1. The molecule has 0 radical (unpaired) electrons. The number of aliphatic hydroxyl groups excluding tert-OH is 1. The van der Waals surface area contributed by atoms with Crippen LogP contribution in [-0.4, -0.2) is 109 Å². The van der Waals surface area contributed by atoms with Crippen LogP contribution in [0.15, 0.2) is 61.2 Å². The molecule has 5 atom stereocenters. The van der Waals surface area contributed by atoms with Crippen LogP contribution >= 0.6 is 0 Å². The van der Waals surface area contributed by atoms with Gasteiger partial charge in [0.25, 0.3) is 0 Å². The quantitative estimate of drug-likeness (QED) is 0.0998. The number of ether oxygens (including phenoxy) is 2. The fourth-order valence-electron chi connectivity index (χ4n) is 8.04. The van der Waals surface area contributed by atoms with Gasteiger partial charge in [-0.3, -0.25) is 19.7 Å². The lowest BCUT2D eigenvalue weighted by Crippen LogP contribution is -2.54. The maximum absolute atomic E-state index is 13.6. The number of benzene rings is 1.